The third-order valence-corrected chi connectivity index (χ3v) is 4.08. The highest BCUT2D eigenvalue weighted by molar-refractivity contribution is 5.85. The van der Waals surface area contributed by atoms with Crippen LogP contribution in [-0.2, 0) is 6.54 Å². The van der Waals surface area contributed by atoms with Crippen molar-refractivity contribution in [2.45, 2.75) is 39.3 Å². The van der Waals surface area contributed by atoms with E-state index in [9.17, 15) is 0 Å². The summed E-state index contributed by atoms with van der Waals surface area (Å²) in [6, 6.07) is 4.89. The van der Waals surface area contributed by atoms with Crippen LogP contribution in [0.4, 0.5) is 0 Å². The monoisotopic (exact) mass is 344 g/mol. The van der Waals surface area contributed by atoms with Crippen LogP contribution in [0, 0.1) is 6.92 Å². The first kappa shape index (κ1) is 19.2. The minimum Gasteiger partial charge on any atom is -0.315 e. The molecule has 1 fully saturated rings. The molecule has 0 bridgehead atoms. The molecule has 1 unspecified atom stereocenters. The first-order valence-electron chi connectivity index (χ1n) is 7.65. The molecule has 124 valence electrons. The molecule has 0 saturated carbocycles. The summed E-state index contributed by atoms with van der Waals surface area (Å²) in [6.45, 7) is 8.75. The molecule has 2 aromatic heterocycles. The number of nitrogens with zero attached hydrogens (tertiary/aromatic N) is 3. The Morgan fingerprint density at radius 1 is 1.32 bits per heavy atom. The van der Waals surface area contributed by atoms with Gasteiger partial charge in [-0.1, -0.05) is 13.0 Å². The molecule has 0 spiro atoms. The number of hydrogen-bond acceptors (Lipinski definition) is 3. The van der Waals surface area contributed by atoms with Crippen LogP contribution in [0.1, 0.15) is 31.0 Å². The van der Waals surface area contributed by atoms with Crippen molar-refractivity contribution in [2.24, 2.45) is 0 Å². The third-order valence-electron chi connectivity index (χ3n) is 4.08. The van der Waals surface area contributed by atoms with Crippen LogP contribution in [0.3, 0.4) is 0 Å². The Morgan fingerprint density at radius 3 is 2.82 bits per heavy atom. The van der Waals surface area contributed by atoms with Gasteiger partial charge in [0.25, 0.3) is 0 Å². The standard InChI is InChI=1S/C16H24N4.2ClH/c1-3-8-19(15-6-7-17-9-15)11-14-12-20-10-13(2)4-5-16(20)18-14;;/h4-5,10,12,15,17H,3,6-9,11H2,1-2H3;2*1H. The van der Waals surface area contributed by atoms with Crippen molar-refractivity contribution in [3.05, 3.63) is 35.8 Å². The predicted molar refractivity (Wildman–Crippen MR) is 96.4 cm³/mol. The molecule has 0 aliphatic carbocycles. The van der Waals surface area contributed by atoms with Crippen molar-refractivity contribution in [2.75, 3.05) is 19.6 Å². The van der Waals surface area contributed by atoms with Crippen LogP contribution in [0.25, 0.3) is 5.65 Å². The van der Waals surface area contributed by atoms with Crippen molar-refractivity contribution < 1.29 is 0 Å². The molecule has 1 N–H and O–H groups in total. The van der Waals surface area contributed by atoms with Gasteiger partial charge in [0, 0.05) is 31.5 Å². The number of aryl methyl sites for hydroxylation is 1. The van der Waals surface area contributed by atoms with Crippen molar-refractivity contribution in [1.29, 1.82) is 0 Å². The van der Waals surface area contributed by atoms with Crippen molar-refractivity contribution in [3.8, 4) is 0 Å². The molecular weight excluding hydrogens is 319 g/mol. The van der Waals surface area contributed by atoms with Crippen LogP contribution < -0.4 is 5.32 Å². The van der Waals surface area contributed by atoms with Crippen molar-refractivity contribution in [3.63, 3.8) is 0 Å². The van der Waals surface area contributed by atoms with Gasteiger partial charge in [-0.2, -0.15) is 0 Å². The maximum absolute atomic E-state index is 4.75. The fraction of sp³-hybridized carbons (Fsp3) is 0.562. The van der Waals surface area contributed by atoms with Gasteiger partial charge >= 0.3 is 0 Å². The summed E-state index contributed by atoms with van der Waals surface area (Å²) in [5, 5.41) is 3.46. The minimum absolute atomic E-state index is 0. The summed E-state index contributed by atoms with van der Waals surface area (Å²) in [5.74, 6) is 0. The van der Waals surface area contributed by atoms with Gasteiger partial charge in [-0.15, -0.1) is 24.8 Å². The predicted octanol–water partition coefficient (Wildman–Crippen LogP) is 3.06. The van der Waals surface area contributed by atoms with Gasteiger partial charge in [0.1, 0.15) is 5.65 Å². The molecule has 0 aromatic carbocycles. The fourth-order valence-electron chi connectivity index (χ4n) is 3.07. The SMILES string of the molecule is CCCN(Cc1cn2cc(C)ccc2n1)C1CCNC1.Cl.Cl. The number of aromatic nitrogens is 2. The van der Waals surface area contributed by atoms with E-state index < -0.39 is 0 Å². The Bertz CT molecular complexity index is 579. The maximum Gasteiger partial charge on any atom is 0.137 e. The Kier molecular flexibility index (Phi) is 7.63. The van der Waals surface area contributed by atoms with Crippen molar-refractivity contribution >= 4 is 30.5 Å². The lowest BCUT2D eigenvalue weighted by Gasteiger charge is -2.26. The quantitative estimate of drug-likeness (QED) is 0.904. The fourth-order valence-corrected chi connectivity index (χ4v) is 3.07. The van der Waals surface area contributed by atoms with E-state index in [-0.39, 0.29) is 24.8 Å². The topological polar surface area (TPSA) is 32.6 Å². The van der Waals surface area contributed by atoms with Gasteiger partial charge < -0.3 is 9.72 Å². The molecule has 1 atom stereocenters. The lowest BCUT2D eigenvalue weighted by molar-refractivity contribution is 0.197. The van der Waals surface area contributed by atoms with E-state index in [1.165, 1.54) is 24.1 Å². The first-order chi connectivity index (χ1) is 9.76. The molecule has 0 amide bonds. The van der Waals surface area contributed by atoms with E-state index in [0.29, 0.717) is 6.04 Å². The molecule has 1 aliphatic heterocycles. The molecule has 1 saturated heterocycles. The van der Waals surface area contributed by atoms with Crippen molar-refractivity contribution in [1.82, 2.24) is 19.6 Å². The largest absolute Gasteiger partial charge is 0.315 e. The number of pyridine rings is 1. The molecule has 0 radical (unpaired) electrons. The second kappa shape index (κ2) is 8.73. The Morgan fingerprint density at radius 2 is 2.14 bits per heavy atom. The average Bonchev–Trinajstić information content (AvgIpc) is 3.06. The molecule has 3 heterocycles. The lowest BCUT2D eigenvalue weighted by Crippen LogP contribution is -2.37. The molecule has 22 heavy (non-hydrogen) atoms. The lowest BCUT2D eigenvalue weighted by atomic mass is 10.2. The summed E-state index contributed by atoms with van der Waals surface area (Å²) < 4.78 is 2.14. The number of rotatable bonds is 5. The number of hydrogen-bond donors (Lipinski definition) is 1. The zero-order valence-electron chi connectivity index (χ0n) is 13.3. The van der Waals surface area contributed by atoms with Gasteiger partial charge in [-0.3, -0.25) is 4.90 Å². The van der Waals surface area contributed by atoms with E-state index in [1.807, 2.05) is 0 Å². The van der Waals surface area contributed by atoms with Crippen LogP contribution in [0.2, 0.25) is 0 Å². The molecule has 4 nitrogen and oxygen atoms in total. The van der Waals surface area contributed by atoms with Crippen LogP contribution in [0.5, 0.6) is 0 Å². The Balaban J connectivity index is 0.00000121. The van der Waals surface area contributed by atoms with Gasteiger partial charge in [0.15, 0.2) is 0 Å². The number of nitrogens with one attached hydrogen (secondary N) is 1. The van der Waals surface area contributed by atoms with Gasteiger partial charge in [-0.05, 0) is 44.5 Å². The van der Waals surface area contributed by atoms with Crippen LogP contribution >= 0.6 is 24.8 Å². The maximum atomic E-state index is 4.75. The Labute approximate surface area is 145 Å². The molecule has 6 heteroatoms. The van der Waals surface area contributed by atoms with E-state index in [2.05, 4.69) is 53.0 Å². The Hall–Kier alpha value is -0.810. The summed E-state index contributed by atoms with van der Waals surface area (Å²) in [4.78, 5) is 7.33. The highest BCUT2D eigenvalue weighted by atomic mass is 35.5. The first-order valence-corrected chi connectivity index (χ1v) is 7.65. The van der Waals surface area contributed by atoms with E-state index >= 15 is 0 Å². The second-order valence-electron chi connectivity index (χ2n) is 5.82. The zero-order chi connectivity index (χ0) is 13.9. The second-order valence-corrected chi connectivity index (χ2v) is 5.82. The van der Waals surface area contributed by atoms with Gasteiger partial charge in [-0.25, -0.2) is 4.98 Å². The third kappa shape index (κ3) is 4.35. The normalized spacial score (nSPS) is 17.5. The van der Waals surface area contributed by atoms with E-state index in [0.717, 1.165) is 31.8 Å². The van der Waals surface area contributed by atoms with E-state index in [4.69, 9.17) is 4.98 Å². The van der Waals surface area contributed by atoms with Crippen LogP contribution in [0.15, 0.2) is 24.5 Å². The number of imidazole rings is 1. The molecular formula is C16H26Cl2N4. The number of fused-ring (bicyclic) bond motifs is 1. The molecule has 2 aromatic rings. The summed E-state index contributed by atoms with van der Waals surface area (Å²) in [7, 11) is 0. The summed E-state index contributed by atoms with van der Waals surface area (Å²) in [5.41, 5.74) is 3.49. The number of halogens is 2. The summed E-state index contributed by atoms with van der Waals surface area (Å²) in [6.07, 6.45) is 6.77. The smallest absolute Gasteiger partial charge is 0.137 e. The highest BCUT2D eigenvalue weighted by Gasteiger charge is 2.22. The van der Waals surface area contributed by atoms with Gasteiger partial charge in [0.2, 0.25) is 0 Å². The van der Waals surface area contributed by atoms with E-state index in [1.54, 1.807) is 0 Å². The molecule has 3 rings (SSSR count). The highest BCUT2D eigenvalue weighted by Crippen LogP contribution is 2.15. The zero-order valence-corrected chi connectivity index (χ0v) is 14.9. The summed E-state index contributed by atoms with van der Waals surface area (Å²) >= 11 is 0. The van der Waals surface area contributed by atoms with Crippen LogP contribution in [-0.4, -0.2) is 40.0 Å². The minimum atomic E-state index is 0. The van der Waals surface area contributed by atoms with Gasteiger partial charge in [0.05, 0.1) is 5.69 Å². The molecule has 1 aliphatic rings. The average molecular weight is 345 g/mol.